The molecule has 0 fully saturated rings. The number of hydrogen-bond acceptors (Lipinski definition) is 3. The van der Waals surface area contributed by atoms with Gasteiger partial charge in [0.15, 0.2) is 0 Å². The number of rotatable bonds is 5. The molecule has 0 saturated carbocycles. The van der Waals surface area contributed by atoms with Crippen molar-refractivity contribution in [3.63, 3.8) is 0 Å². The van der Waals surface area contributed by atoms with Gasteiger partial charge in [0.1, 0.15) is 0 Å². The third kappa shape index (κ3) is 4.55. The molecule has 1 amide bonds. The smallest absolute Gasteiger partial charge is 0.256 e. The Hall–Kier alpha value is -0.520. The minimum absolute atomic E-state index is 0.116. The fourth-order valence-corrected chi connectivity index (χ4v) is 2.12. The lowest BCUT2D eigenvalue weighted by Crippen LogP contribution is -2.30. The molecule has 1 atom stereocenters. The summed E-state index contributed by atoms with van der Waals surface area (Å²) in [6, 6.07) is 7.85. The number of amides is 1. The van der Waals surface area contributed by atoms with Gasteiger partial charge < -0.3 is 0 Å². The first-order chi connectivity index (χ1) is 7.63. The zero-order valence-electron chi connectivity index (χ0n) is 9.20. The molecule has 88 valence electrons. The summed E-state index contributed by atoms with van der Waals surface area (Å²) in [6.07, 6.45) is 0. The summed E-state index contributed by atoms with van der Waals surface area (Å²) in [7, 11) is 0. The number of benzene rings is 1. The van der Waals surface area contributed by atoms with Gasteiger partial charge in [-0.3, -0.25) is 9.63 Å². The lowest BCUT2D eigenvalue weighted by atomic mass is 10.4. The lowest BCUT2D eigenvalue weighted by molar-refractivity contribution is -0.132. The van der Waals surface area contributed by atoms with E-state index in [1.807, 2.05) is 38.1 Å². The second kappa shape index (κ2) is 6.93. The molecule has 0 aliphatic rings. The molecule has 0 unspecified atom stereocenters. The van der Waals surface area contributed by atoms with E-state index < -0.39 is 0 Å². The molecule has 0 heterocycles. The highest BCUT2D eigenvalue weighted by Gasteiger charge is 2.13. The van der Waals surface area contributed by atoms with Gasteiger partial charge in [0.05, 0.1) is 11.9 Å². The summed E-state index contributed by atoms with van der Waals surface area (Å²) in [4.78, 5) is 17.4. The molecule has 5 heteroatoms. The molecule has 0 aliphatic carbocycles. The minimum Gasteiger partial charge on any atom is -0.274 e. The Labute approximate surface area is 108 Å². The van der Waals surface area contributed by atoms with Crippen LogP contribution in [0.1, 0.15) is 13.8 Å². The van der Waals surface area contributed by atoms with E-state index in [-0.39, 0.29) is 11.2 Å². The largest absolute Gasteiger partial charge is 0.274 e. The fourth-order valence-electron chi connectivity index (χ4n) is 0.997. The molecule has 1 aromatic carbocycles. The molecule has 1 N–H and O–H groups in total. The summed E-state index contributed by atoms with van der Waals surface area (Å²) in [6.45, 7) is 4.15. The van der Waals surface area contributed by atoms with Crippen LogP contribution >= 0.6 is 27.7 Å². The maximum atomic E-state index is 11.5. The van der Waals surface area contributed by atoms with Crippen molar-refractivity contribution in [2.24, 2.45) is 0 Å². The van der Waals surface area contributed by atoms with Gasteiger partial charge in [-0.1, -0.05) is 15.9 Å². The highest BCUT2D eigenvalue weighted by atomic mass is 79.9. The zero-order valence-corrected chi connectivity index (χ0v) is 11.6. The standard InChI is InChI=1S/C11H14BrNO2S/c1-3-15-13-11(14)8(2)16-10-6-4-9(12)5-7-10/h4-8H,3H2,1-2H3,(H,13,14)/t8-/m0/s1. The molecule has 0 aliphatic heterocycles. The van der Waals surface area contributed by atoms with Crippen molar-refractivity contribution in [2.75, 3.05) is 6.61 Å². The van der Waals surface area contributed by atoms with Crippen molar-refractivity contribution in [1.29, 1.82) is 0 Å². The van der Waals surface area contributed by atoms with Crippen molar-refractivity contribution in [3.05, 3.63) is 28.7 Å². The van der Waals surface area contributed by atoms with E-state index in [1.54, 1.807) is 0 Å². The van der Waals surface area contributed by atoms with Crippen molar-refractivity contribution in [1.82, 2.24) is 5.48 Å². The van der Waals surface area contributed by atoms with Crippen LogP contribution in [0.25, 0.3) is 0 Å². The molecule has 0 bridgehead atoms. The average molecular weight is 304 g/mol. The maximum Gasteiger partial charge on any atom is 0.256 e. The molecular weight excluding hydrogens is 290 g/mol. The minimum atomic E-state index is -0.173. The molecule has 16 heavy (non-hydrogen) atoms. The number of carbonyl (C=O) groups excluding carboxylic acids is 1. The predicted octanol–water partition coefficient (Wildman–Crippen LogP) is 3.00. The van der Waals surface area contributed by atoms with E-state index in [2.05, 4.69) is 21.4 Å². The Bertz CT molecular complexity index is 342. The number of halogens is 1. The second-order valence-electron chi connectivity index (χ2n) is 3.11. The Morgan fingerprint density at radius 3 is 2.69 bits per heavy atom. The van der Waals surface area contributed by atoms with Gasteiger partial charge in [-0.15, -0.1) is 11.8 Å². The summed E-state index contributed by atoms with van der Waals surface area (Å²) in [5.74, 6) is -0.116. The number of nitrogens with one attached hydrogen (secondary N) is 1. The quantitative estimate of drug-likeness (QED) is 0.671. The lowest BCUT2D eigenvalue weighted by Gasteiger charge is -2.11. The van der Waals surface area contributed by atoms with E-state index in [4.69, 9.17) is 4.84 Å². The monoisotopic (exact) mass is 303 g/mol. The van der Waals surface area contributed by atoms with E-state index in [0.717, 1.165) is 9.37 Å². The third-order valence-corrected chi connectivity index (χ3v) is 3.45. The first-order valence-electron chi connectivity index (χ1n) is 4.97. The summed E-state index contributed by atoms with van der Waals surface area (Å²) in [5, 5.41) is -0.173. The highest BCUT2D eigenvalue weighted by Crippen LogP contribution is 2.24. The molecule has 0 radical (unpaired) electrons. The van der Waals surface area contributed by atoms with Gasteiger partial charge in [0.2, 0.25) is 0 Å². The van der Waals surface area contributed by atoms with Crippen LogP contribution in [0.5, 0.6) is 0 Å². The summed E-state index contributed by atoms with van der Waals surface area (Å²) < 4.78 is 1.03. The van der Waals surface area contributed by atoms with Gasteiger partial charge in [0, 0.05) is 9.37 Å². The number of hydrogen-bond donors (Lipinski definition) is 1. The van der Waals surface area contributed by atoms with E-state index in [0.29, 0.717) is 6.61 Å². The first-order valence-corrected chi connectivity index (χ1v) is 6.64. The number of thioether (sulfide) groups is 1. The van der Waals surface area contributed by atoms with E-state index >= 15 is 0 Å². The van der Waals surface area contributed by atoms with Crippen molar-refractivity contribution in [3.8, 4) is 0 Å². The molecule has 3 nitrogen and oxygen atoms in total. The van der Waals surface area contributed by atoms with Crippen LogP contribution in [0.3, 0.4) is 0 Å². The van der Waals surface area contributed by atoms with Crippen LogP contribution in [0.15, 0.2) is 33.6 Å². The average Bonchev–Trinajstić information content (AvgIpc) is 2.29. The Morgan fingerprint density at radius 2 is 2.12 bits per heavy atom. The summed E-state index contributed by atoms with van der Waals surface area (Å²) >= 11 is 4.86. The first kappa shape index (κ1) is 13.5. The fraction of sp³-hybridized carbons (Fsp3) is 0.364. The number of carbonyl (C=O) groups is 1. The van der Waals surface area contributed by atoms with Crippen LogP contribution in [-0.2, 0) is 9.63 Å². The number of hydroxylamine groups is 1. The van der Waals surface area contributed by atoms with Crippen LogP contribution in [0, 0.1) is 0 Å². The molecule has 0 saturated heterocycles. The normalized spacial score (nSPS) is 12.2. The van der Waals surface area contributed by atoms with E-state index in [9.17, 15) is 4.79 Å². The molecule has 0 spiro atoms. The SMILES string of the molecule is CCONC(=O)[C@H](C)Sc1ccc(Br)cc1. The van der Waals surface area contributed by atoms with Gasteiger partial charge in [-0.25, -0.2) is 5.48 Å². The van der Waals surface area contributed by atoms with Crippen LogP contribution < -0.4 is 5.48 Å². The second-order valence-corrected chi connectivity index (χ2v) is 5.44. The Morgan fingerprint density at radius 1 is 1.50 bits per heavy atom. The van der Waals surface area contributed by atoms with Crippen LogP contribution in [0.4, 0.5) is 0 Å². The Balaban J connectivity index is 2.47. The Kier molecular flexibility index (Phi) is 5.87. The van der Waals surface area contributed by atoms with Crippen LogP contribution in [0.2, 0.25) is 0 Å². The van der Waals surface area contributed by atoms with Gasteiger partial charge in [-0.05, 0) is 38.1 Å². The highest BCUT2D eigenvalue weighted by molar-refractivity contribution is 9.10. The van der Waals surface area contributed by atoms with Gasteiger partial charge >= 0.3 is 0 Å². The van der Waals surface area contributed by atoms with Gasteiger partial charge in [-0.2, -0.15) is 0 Å². The third-order valence-electron chi connectivity index (χ3n) is 1.81. The molecule has 0 aromatic heterocycles. The van der Waals surface area contributed by atoms with Crippen molar-refractivity contribution < 1.29 is 9.63 Å². The molecule has 1 rings (SSSR count). The summed E-state index contributed by atoms with van der Waals surface area (Å²) in [5.41, 5.74) is 2.39. The topological polar surface area (TPSA) is 38.3 Å². The molecular formula is C11H14BrNO2S. The molecule has 1 aromatic rings. The van der Waals surface area contributed by atoms with Crippen molar-refractivity contribution >= 4 is 33.6 Å². The zero-order chi connectivity index (χ0) is 12.0. The predicted molar refractivity (Wildman–Crippen MR) is 69.2 cm³/mol. The van der Waals surface area contributed by atoms with Crippen LogP contribution in [-0.4, -0.2) is 17.8 Å². The maximum absolute atomic E-state index is 11.5. The van der Waals surface area contributed by atoms with E-state index in [1.165, 1.54) is 11.8 Å². The van der Waals surface area contributed by atoms with Gasteiger partial charge in [0.25, 0.3) is 5.91 Å². The van der Waals surface area contributed by atoms with Crippen molar-refractivity contribution in [2.45, 2.75) is 24.0 Å².